The van der Waals surface area contributed by atoms with Crippen molar-refractivity contribution in [1.82, 2.24) is 14.8 Å². The standard InChI is InChI=1S/C30H37FN6O5S/c1-35(2)14-15-36(3)24-9-11-27(28(19-24)32-13-6-16-42-21-41-4)30(38)34-37-29-12-10-26(17-22(29)20-33-37)43(39,40)25-8-5-7-23(31)18-25/h5,7-12,17-20,32H,6,13-16,21H2,1-4H3,(H,34,38). The van der Waals surface area contributed by atoms with Crippen molar-refractivity contribution in [2.75, 3.05) is 76.9 Å². The number of sulfone groups is 1. The summed E-state index contributed by atoms with van der Waals surface area (Å²) in [6.45, 7) is 2.97. The zero-order chi connectivity index (χ0) is 31.0. The van der Waals surface area contributed by atoms with Gasteiger partial charge in [-0.15, -0.1) is 0 Å². The summed E-state index contributed by atoms with van der Waals surface area (Å²) in [5.74, 6) is -1.04. The van der Waals surface area contributed by atoms with Gasteiger partial charge in [-0.1, -0.05) is 6.07 Å². The lowest BCUT2D eigenvalue weighted by atomic mass is 10.1. The number of methoxy groups -OCH3 is 1. The van der Waals surface area contributed by atoms with Gasteiger partial charge in [-0.05, 0) is 75.1 Å². The second-order valence-electron chi connectivity index (χ2n) is 10.2. The molecule has 43 heavy (non-hydrogen) atoms. The van der Waals surface area contributed by atoms with Gasteiger partial charge in [-0.2, -0.15) is 9.89 Å². The van der Waals surface area contributed by atoms with E-state index in [1.54, 1.807) is 19.2 Å². The number of benzene rings is 3. The molecule has 0 aliphatic heterocycles. The molecular weight excluding hydrogens is 575 g/mol. The Morgan fingerprint density at radius 3 is 2.56 bits per heavy atom. The Bertz CT molecular complexity index is 1660. The number of fused-ring (bicyclic) bond motifs is 1. The first kappa shape index (κ1) is 31.9. The Kier molecular flexibility index (Phi) is 10.7. The number of anilines is 2. The van der Waals surface area contributed by atoms with Crippen LogP contribution in [0.5, 0.6) is 0 Å². The molecule has 4 aromatic rings. The number of amides is 1. The molecule has 0 radical (unpaired) electrons. The van der Waals surface area contributed by atoms with Crippen molar-refractivity contribution in [3.63, 3.8) is 0 Å². The maximum absolute atomic E-state index is 13.7. The molecule has 0 saturated heterocycles. The predicted octanol–water partition coefficient (Wildman–Crippen LogP) is 3.81. The Morgan fingerprint density at radius 1 is 1.02 bits per heavy atom. The van der Waals surface area contributed by atoms with E-state index in [1.165, 1.54) is 41.3 Å². The van der Waals surface area contributed by atoms with Crippen molar-refractivity contribution in [3.8, 4) is 0 Å². The molecule has 0 saturated carbocycles. The van der Waals surface area contributed by atoms with Gasteiger partial charge in [0.25, 0.3) is 5.91 Å². The highest BCUT2D eigenvalue weighted by molar-refractivity contribution is 7.91. The number of hydrogen-bond acceptors (Lipinski definition) is 9. The number of rotatable bonds is 15. The number of nitrogens with one attached hydrogen (secondary N) is 2. The lowest BCUT2D eigenvalue weighted by molar-refractivity contribution is -0.0303. The number of carbonyl (C=O) groups excluding carboxylic acids is 1. The number of aromatic nitrogens is 2. The minimum Gasteiger partial charge on any atom is -0.384 e. The second kappa shape index (κ2) is 14.4. The van der Waals surface area contributed by atoms with Crippen LogP contribution in [0.1, 0.15) is 16.8 Å². The van der Waals surface area contributed by atoms with Gasteiger partial charge in [0.05, 0.1) is 33.7 Å². The highest BCUT2D eigenvalue weighted by Gasteiger charge is 2.20. The summed E-state index contributed by atoms with van der Waals surface area (Å²) in [6.07, 6.45) is 2.16. The minimum absolute atomic E-state index is 0.00795. The minimum atomic E-state index is -3.95. The van der Waals surface area contributed by atoms with E-state index in [0.29, 0.717) is 41.7 Å². The van der Waals surface area contributed by atoms with E-state index < -0.39 is 21.6 Å². The van der Waals surface area contributed by atoms with Crippen LogP contribution >= 0.6 is 0 Å². The van der Waals surface area contributed by atoms with Crippen LogP contribution < -0.4 is 15.6 Å². The number of hydrogen-bond donors (Lipinski definition) is 2. The molecule has 0 aliphatic rings. The molecule has 230 valence electrons. The number of nitrogens with zero attached hydrogens (tertiary/aromatic N) is 4. The van der Waals surface area contributed by atoms with E-state index in [2.05, 4.69) is 25.6 Å². The van der Waals surface area contributed by atoms with Crippen molar-refractivity contribution >= 4 is 38.0 Å². The van der Waals surface area contributed by atoms with Crippen molar-refractivity contribution in [3.05, 3.63) is 78.2 Å². The molecule has 1 heterocycles. The number of likely N-dealkylation sites (N-methyl/N-ethyl adjacent to an activating group) is 2. The highest BCUT2D eigenvalue weighted by Crippen LogP contribution is 2.26. The second-order valence-corrected chi connectivity index (χ2v) is 12.2. The topological polar surface area (TPSA) is 118 Å². The summed E-state index contributed by atoms with van der Waals surface area (Å²) < 4.78 is 50.1. The van der Waals surface area contributed by atoms with E-state index >= 15 is 0 Å². The normalized spacial score (nSPS) is 11.7. The van der Waals surface area contributed by atoms with Crippen LogP contribution in [0.4, 0.5) is 15.8 Å². The van der Waals surface area contributed by atoms with Crippen molar-refractivity contribution < 1.29 is 27.1 Å². The van der Waals surface area contributed by atoms with Gasteiger partial charge in [-0.3, -0.25) is 4.79 Å². The molecule has 2 N–H and O–H groups in total. The van der Waals surface area contributed by atoms with Crippen LogP contribution in [0.3, 0.4) is 0 Å². The molecule has 0 unspecified atom stereocenters. The first-order valence-corrected chi connectivity index (χ1v) is 15.2. The average Bonchev–Trinajstić information content (AvgIpc) is 3.39. The number of carbonyl (C=O) groups is 1. The van der Waals surface area contributed by atoms with E-state index in [0.717, 1.165) is 24.8 Å². The molecular formula is C30H37FN6O5S. The Labute approximate surface area is 251 Å². The monoisotopic (exact) mass is 612 g/mol. The van der Waals surface area contributed by atoms with Crippen molar-refractivity contribution in [1.29, 1.82) is 0 Å². The lowest BCUT2D eigenvalue weighted by Crippen LogP contribution is -2.29. The molecule has 1 amide bonds. The van der Waals surface area contributed by atoms with Gasteiger partial charge in [0, 0.05) is 50.6 Å². The smallest absolute Gasteiger partial charge is 0.273 e. The summed E-state index contributed by atoms with van der Waals surface area (Å²) in [6, 6.07) is 14.8. The summed E-state index contributed by atoms with van der Waals surface area (Å²) >= 11 is 0. The molecule has 1 aromatic heterocycles. The van der Waals surface area contributed by atoms with Gasteiger partial charge in [-0.25, -0.2) is 18.2 Å². The number of halogens is 1. The summed E-state index contributed by atoms with van der Waals surface area (Å²) in [5.41, 5.74) is 5.31. The third-order valence-corrected chi connectivity index (χ3v) is 8.47. The zero-order valence-corrected chi connectivity index (χ0v) is 25.5. The van der Waals surface area contributed by atoms with Crippen LogP contribution in [-0.4, -0.2) is 90.4 Å². The quantitative estimate of drug-likeness (QED) is 0.153. The van der Waals surface area contributed by atoms with Crippen molar-refractivity contribution in [2.45, 2.75) is 16.2 Å². The Morgan fingerprint density at radius 2 is 1.81 bits per heavy atom. The largest absolute Gasteiger partial charge is 0.384 e. The SMILES string of the molecule is COCOCCCNc1cc(N(C)CCN(C)C)ccc1C(=O)Nn1ncc2cc(S(=O)(=O)c3cccc(F)c3)ccc21. The Balaban J connectivity index is 1.55. The molecule has 11 nitrogen and oxygen atoms in total. The third kappa shape index (κ3) is 8.08. The van der Waals surface area contributed by atoms with Crippen LogP contribution in [-0.2, 0) is 19.3 Å². The van der Waals surface area contributed by atoms with Crippen LogP contribution in [0, 0.1) is 5.82 Å². The van der Waals surface area contributed by atoms with E-state index in [-0.39, 0.29) is 16.6 Å². The fourth-order valence-corrected chi connectivity index (χ4v) is 5.65. The molecule has 3 aromatic carbocycles. The molecule has 0 spiro atoms. The van der Waals surface area contributed by atoms with E-state index in [9.17, 15) is 17.6 Å². The predicted molar refractivity (Wildman–Crippen MR) is 164 cm³/mol. The first-order chi connectivity index (χ1) is 20.6. The molecule has 0 fully saturated rings. The molecule has 0 aliphatic carbocycles. The van der Waals surface area contributed by atoms with Crippen LogP contribution in [0.15, 0.2) is 76.7 Å². The molecule has 13 heteroatoms. The van der Waals surface area contributed by atoms with Gasteiger partial charge >= 0.3 is 0 Å². The van der Waals surface area contributed by atoms with E-state index in [1.807, 2.05) is 33.3 Å². The van der Waals surface area contributed by atoms with Gasteiger partial charge in [0.1, 0.15) is 12.6 Å². The van der Waals surface area contributed by atoms with Gasteiger partial charge < -0.3 is 24.6 Å². The van der Waals surface area contributed by atoms with Crippen LogP contribution in [0.2, 0.25) is 0 Å². The molecule has 0 atom stereocenters. The Hall–Kier alpha value is -4.04. The maximum Gasteiger partial charge on any atom is 0.273 e. The number of ether oxygens (including phenoxy) is 2. The third-order valence-electron chi connectivity index (χ3n) is 6.72. The summed E-state index contributed by atoms with van der Waals surface area (Å²) in [7, 11) is 3.65. The molecule has 0 bridgehead atoms. The lowest BCUT2D eigenvalue weighted by Gasteiger charge is -2.23. The van der Waals surface area contributed by atoms with E-state index in [4.69, 9.17) is 9.47 Å². The van der Waals surface area contributed by atoms with Crippen molar-refractivity contribution in [2.24, 2.45) is 0 Å². The fraction of sp³-hybridized carbons (Fsp3) is 0.333. The maximum atomic E-state index is 13.7. The first-order valence-electron chi connectivity index (χ1n) is 13.7. The van der Waals surface area contributed by atoms with Gasteiger partial charge in [0.2, 0.25) is 9.84 Å². The highest BCUT2D eigenvalue weighted by atomic mass is 32.2. The summed E-state index contributed by atoms with van der Waals surface area (Å²) in [5, 5.41) is 8.10. The summed E-state index contributed by atoms with van der Waals surface area (Å²) in [4.78, 5) is 18.9. The van der Waals surface area contributed by atoms with Gasteiger partial charge in [0.15, 0.2) is 0 Å². The fourth-order valence-electron chi connectivity index (χ4n) is 4.33. The molecule has 4 rings (SSSR count). The van der Waals surface area contributed by atoms with Crippen LogP contribution in [0.25, 0.3) is 10.9 Å². The zero-order valence-electron chi connectivity index (χ0n) is 24.7. The average molecular weight is 613 g/mol.